The summed E-state index contributed by atoms with van der Waals surface area (Å²) in [5.74, 6) is 0.716. The second-order valence-corrected chi connectivity index (χ2v) is 5.72. The highest BCUT2D eigenvalue weighted by Crippen LogP contribution is 2.29. The van der Waals surface area contributed by atoms with Crippen LogP contribution in [0.2, 0.25) is 0 Å². The predicted molar refractivity (Wildman–Crippen MR) is 86.9 cm³/mol. The molecule has 0 saturated carbocycles. The first kappa shape index (κ1) is 17.2. The SMILES string of the molecule is CCCCC(CC)C(NCCC)c1ccnn1CCC. The standard InChI is InChI=1S/C17H33N3/c1-5-9-10-15(8-4)17(18-12-6-2)16-11-13-19-20(16)14-7-3/h11,13,15,17-18H,5-10,12,14H2,1-4H3. The van der Waals surface area contributed by atoms with E-state index in [1.54, 1.807) is 0 Å². The highest BCUT2D eigenvalue weighted by molar-refractivity contribution is 5.09. The Morgan fingerprint density at radius 3 is 2.55 bits per heavy atom. The number of nitrogens with zero attached hydrogens (tertiary/aromatic N) is 2. The fourth-order valence-electron chi connectivity index (χ4n) is 2.89. The lowest BCUT2D eigenvalue weighted by atomic mass is 9.89. The molecule has 0 saturated heterocycles. The molecule has 1 N–H and O–H groups in total. The summed E-state index contributed by atoms with van der Waals surface area (Å²) in [6, 6.07) is 2.66. The summed E-state index contributed by atoms with van der Waals surface area (Å²) in [5, 5.41) is 8.28. The number of hydrogen-bond acceptors (Lipinski definition) is 2. The van der Waals surface area contributed by atoms with Gasteiger partial charge < -0.3 is 5.32 Å². The van der Waals surface area contributed by atoms with Crippen LogP contribution in [0.3, 0.4) is 0 Å². The number of aryl methyl sites for hydroxylation is 1. The van der Waals surface area contributed by atoms with E-state index in [4.69, 9.17) is 0 Å². The molecule has 2 atom stereocenters. The van der Waals surface area contributed by atoms with Crippen molar-refractivity contribution >= 4 is 0 Å². The summed E-state index contributed by atoms with van der Waals surface area (Å²) in [5.41, 5.74) is 1.38. The van der Waals surface area contributed by atoms with Gasteiger partial charge in [-0.15, -0.1) is 0 Å². The smallest absolute Gasteiger partial charge is 0.0556 e. The van der Waals surface area contributed by atoms with Crippen molar-refractivity contribution in [1.29, 1.82) is 0 Å². The molecule has 2 unspecified atom stereocenters. The quantitative estimate of drug-likeness (QED) is 0.644. The number of aromatic nitrogens is 2. The molecule has 1 aromatic rings. The summed E-state index contributed by atoms with van der Waals surface area (Å²) in [4.78, 5) is 0. The van der Waals surface area contributed by atoms with Crippen LogP contribution in [0.1, 0.15) is 78.0 Å². The van der Waals surface area contributed by atoms with Crippen LogP contribution in [0.25, 0.3) is 0 Å². The topological polar surface area (TPSA) is 29.9 Å². The van der Waals surface area contributed by atoms with Gasteiger partial charge in [0.25, 0.3) is 0 Å². The highest BCUT2D eigenvalue weighted by Gasteiger charge is 2.23. The van der Waals surface area contributed by atoms with E-state index in [1.165, 1.54) is 37.8 Å². The van der Waals surface area contributed by atoms with Gasteiger partial charge in [-0.05, 0) is 37.8 Å². The van der Waals surface area contributed by atoms with E-state index in [-0.39, 0.29) is 0 Å². The van der Waals surface area contributed by atoms with Crippen molar-refractivity contribution < 1.29 is 0 Å². The van der Waals surface area contributed by atoms with Crippen molar-refractivity contribution in [3.05, 3.63) is 18.0 Å². The normalized spacial score (nSPS) is 14.4. The van der Waals surface area contributed by atoms with Gasteiger partial charge in [0.1, 0.15) is 0 Å². The lowest BCUT2D eigenvalue weighted by Crippen LogP contribution is -2.31. The van der Waals surface area contributed by atoms with Gasteiger partial charge in [-0.2, -0.15) is 5.10 Å². The molecule has 3 nitrogen and oxygen atoms in total. The molecule has 0 spiro atoms. The van der Waals surface area contributed by atoms with Crippen molar-refractivity contribution in [3.63, 3.8) is 0 Å². The molecule has 0 aliphatic heterocycles. The Kier molecular flexibility index (Phi) is 8.59. The van der Waals surface area contributed by atoms with Crippen molar-refractivity contribution in [2.75, 3.05) is 6.54 Å². The van der Waals surface area contributed by atoms with E-state index in [2.05, 4.69) is 48.9 Å². The highest BCUT2D eigenvalue weighted by atomic mass is 15.3. The van der Waals surface area contributed by atoms with Gasteiger partial charge >= 0.3 is 0 Å². The number of rotatable bonds is 11. The molecule has 0 radical (unpaired) electrons. The van der Waals surface area contributed by atoms with Crippen LogP contribution in [-0.4, -0.2) is 16.3 Å². The van der Waals surface area contributed by atoms with E-state index in [0.717, 1.165) is 19.5 Å². The minimum atomic E-state index is 0.459. The van der Waals surface area contributed by atoms with E-state index in [1.807, 2.05) is 6.20 Å². The predicted octanol–water partition coefficient (Wildman–Crippen LogP) is 4.55. The Morgan fingerprint density at radius 1 is 1.15 bits per heavy atom. The van der Waals surface area contributed by atoms with Crippen LogP contribution >= 0.6 is 0 Å². The molecule has 3 heteroatoms. The zero-order valence-electron chi connectivity index (χ0n) is 13.9. The number of unbranched alkanes of at least 4 members (excludes halogenated alkanes) is 1. The van der Waals surface area contributed by atoms with Crippen LogP contribution in [-0.2, 0) is 6.54 Å². The summed E-state index contributed by atoms with van der Waals surface area (Å²) < 4.78 is 2.20. The molecule has 1 heterocycles. The van der Waals surface area contributed by atoms with Crippen molar-refractivity contribution in [2.45, 2.75) is 78.8 Å². The molecule has 0 bridgehead atoms. The molecule has 0 fully saturated rings. The van der Waals surface area contributed by atoms with Gasteiger partial charge in [-0.3, -0.25) is 4.68 Å². The Balaban J connectivity index is 2.87. The zero-order chi connectivity index (χ0) is 14.8. The average Bonchev–Trinajstić information content (AvgIpc) is 2.91. The summed E-state index contributed by atoms with van der Waals surface area (Å²) in [7, 11) is 0. The Hall–Kier alpha value is -0.830. The summed E-state index contributed by atoms with van der Waals surface area (Å²) >= 11 is 0. The third-order valence-corrected chi connectivity index (χ3v) is 4.04. The van der Waals surface area contributed by atoms with E-state index in [9.17, 15) is 0 Å². The molecule has 116 valence electrons. The number of nitrogens with one attached hydrogen (secondary N) is 1. The van der Waals surface area contributed by atoms with Crippen LogP contribution in [0, 0.1) is 5.92 Å². The monoisotopic (exact) mass is 279 g/mol. The summed E-state index contributed by atoms with van der Waals surface area (Å²) in [6.45, 7) is 11.2. The average molecular weight is 279 g/mol. The van der Waals surface area contributed by atoms with Crippen molar-refractivity contribution in [3.8, 4) is 0 Å². The van der Waals surface area contributed by atoms with Crippen LogP contribution in [0.15, 0.2) is 12.3 Å². The largest absolute Gasteiger partial charge is 0.308 e. The van der Waals surface area contributed by atoms with Crippen LogP contribution < -0.4 is 5.32 Å². The summed E-state index contributed by atoms with van der Waals surface area (Å²) in [6.07, 6.45) is 9.43. The van der Waals surface area contributed by atoms with E-state index in [0.29, 0.717) is 12.0 Å². The first-order chi connectivity index (χ1) is 9.78. The maximum atomic E-state index is 4.51. The lowest BCUT2D eigenvalue weighted by molar-refractivity contribution is 0.306. The fraction of sp³-hybridized carbons (Fsp3) is 0.824. The molecule has 0 aliphatic carbocycles. The minimum absolute atomic E-state index is 0.459. The molecular formula is C17H33N3. The second kappa shape index (κ2) is 9.98. The van der Waals surface area contributed by atoms with Crippen LogP contribution in [0.4, 0.5) is 0 Å². The Labute approximate surface area is 125 Å². The maximum Gasteiger partial charge on any atom is 0.0556 e. The molecule has 1 rings (SSSR count). The minimum Gasteiger partial charge on any atom is -0.308 e. The zero-order valence-corrected chi connectivity index (χ0v) is 13.9. The van der Waals surface area contributed by atoms with Crippen LogP contribution in [0.5, 0.6) is 0 Å². The fourth-order valence-corrected chi connectivity index (χ4v) is 2.89. The van der Waals surface area contributed by atoms with Gasteiger partial charge in [0.05, 0.1) is 11.7 Å². The maximum absolute atomic E-state index is 4.51. The third kappa shape index (κ3) is 4.93. The first-order valence-corrected chi connectivity index (χ1v) is 8.53. The Bertz CT molecular complexity index is 346. The molecule has 1 aromatic heterocycles. The molecule has 0 amide bonds. The van der Waals surface area contributed by atoms with Gasteiger partial charge in [-0.25, -0.2) is 0 Å². The molecule has 0 aromatic carbocycles. The lowest BCUT2D eigenvalue weighted by Gasteiger charge is -2.28. The Morgan fingerprint density at radius 2 is 1.95 bits per heavy atom. The second-order valence-electron chi connectivity index (χ2n) is 5.72. The van der Waals surface area contributed by atoms with Gasteiger partial charge in [0.2, 0.25) is 0 Å². The van der Waals surface area contributed by atoms with E-state index < -0.39 is 0 Å². The van der Waals surface area contributed by atoms with Crippen molar-refractivity contribution in [2.24, 2.45) is 5.92 Å². The number of hydrogen-bond donors (Lipinski definition) is 1. The molecular weight excluding hydrogens is 246 g/mol. The van der Waals surface area contributed by atoms with E-state index >= 15 is 0 Å². The third-order valence-electron chi connectivity index (χ3n) is 4.04. The molecule has 20 heavy (non-hydrogen) atoms. The van der Waals surface area contributed by atoms with Gasteiger partial charge in [0.15, 0.2) is 0 Å². The van der Waals surface area contributed by atoms with Crippen molar-refractivity contribution in [1.82, 2.24) is 15.1 Å². The first-order valence-electron chi connectivity index (χ1n) is 8.53. The van der Waals surface area contributed by atoms with Gasteiger partial charge in [0, 0.05) is 12.7 Å². The molecule has 0 aliphatic rings. The van der Waals surface area contributed by atoms with Gasteiger partial charge in [-0.1, -0.05) is 47.0 Å².